The van der Waals surface area contributed by atoms with Crippen LogP contribution < -0.4 is 5.56 Å². The summed E-state index contributed by atoms with van der Waals surface area (Å²) in [6.07, 6.45) is 0. The van der Waals surface area contributed by atoms with Crippen molar-refractivity contribution < 1.29 is 0 Å². The van der Waals surface area contributed by atoms with Crippen molar-refractivity contribution in [2.45, 2.75) is 13.5 Å². The number of halogens is 3. The maximum Gasteiger partial charge on any atom is 0.271 e. The van der Waals surface area contributed by atoms with E-state index in [0.717, 1.165) is 16.9 Å². The lowest BCUT2D eigenvalue weighted by Gasteiger charge is -2.19. The summed E-state index contributed by atoms with van der Waals surface area (Å²) >= 11 is 11.7. The van der Waals surface area contributed by atoms with Gasteiger partial charge in [-0.3, -0.25) is 14.4 Å². The Balaban J connectivity index is 0.00000264. The van der Waals surface area contributed by atoms with Gasteiger partial charge in [0.15, 0.2) is 0 Å². The molecule has 2 rings (SSSR count). The number of hydrogen-bond donors (Lipinski definition) is 0. The third-order valence-corrected chi connectivity index (χ3v) is 4.13. The predicted molar refractivity (Wildman–Crippen MR) is 99.7 cm³/mol. The van der Waals surface area contributed by atoms with Crippen LogP contribution in [-0.4, -0.2) is 39.1 Å². The monoisotopic (exact) mass is 377 g/mol. The lowest BCUT2D eigenvalue weighted by atomic mass is 10.2. The molecule has 128 valence electrons. The predicted octanol–water partition coefficient (Wildman–Crippen LogP) is 3.19. The Hall–Kier alpha value is -0.940. The summed E-state index contributed by atoms with van der Waals surface area (Å²) in [5.74, 6) is 1.05. The van der Waals surface area contributed by atoms with Crippen LogP contribution in [0.1, 0.15) is 11.3 Å². The first-order chi connectivity index (χ1) is 10.6. The van der Waals surface area contributed by atoms with Gasteiger partial charge in [-0.15, -0.1) is 35.6 Å². The van der Waals surface area contributed by atoms with E-state index in [-0.39, 0.29) is 18.0 Å². The molecule has 1 heterocycles. The van der Waals surface area contributed by atoms with Gasteiger partial charge in [0.25, 0.3) is 5.56 Å². The average molecular weight is 379 g/mol. The molecule has 4 nitrogen and oxygen atoms in total. The molecule has 23 heavy (non-hydrogen) atoms. The molecule has 0 aliphatic carbocycles. The zero-order chi connectivity index (χ0) is 16.1. The molecule has 7 heteroatoms. The number of benzene rings is 1. The Bertz CT molecular complexity index is 661. The molecule has 0 N–H and O–H groups in total. The van der Waals surface area contributed by atoms with Crippen molar-refractivity contribution in [3.8, 4) is 5.69 Å². The topological polar surface area (TPSA) is 30.2 Å². The summed E-state index contributed by atoms with van der Waals surface area (Å²) in [6, 6.07) is 9.87. The van der Waals surface area contributed by atoms with Crippen LogP contribution in [-0.2, 0) is 13.6 Å². The molecular weight excluding hydrogens is 357 g/mol. The van der Waals surface area contributed by atoms with E-state index in [1.807, 2.05) is 41.9 Å². The van der Waals surface area contributed by atoms with E-state index in [0.29, 0.717) is 31.4 Å². The van der Waals surface area contributed by atoms with Crippen molar-refractivity contribution in [1.82, 2.24) is 14.3 Å². The molecule has 0 saturated heterocycles. The summed E-state index contributed by atoms with van der Waals surface area (Å²) in [5.41, 5.74) is 2.75. The molecular formula is C16H22Cl3N3O. The van der Waals surface area contributed by atoms with Crippen LogP contribution in [0, 0.1) is 6.92 Å². The Morgan fingerprint density at radius 2 is 1.65 bits per heavy atom. The van der Waals surface area contributed by atoms with Crippen LogP contribution in [0.15, 0.2) is 35.1 Å². The van der Waals surface area contributed by atoms with Crippen LogP contribution in [0.3, 0.4) is 0 Å². The second-order valence-corrected chi connectivity index (χ2v) is 5.95. The third-order valence-electron chi connectivity index (χ3n) is 3.79. The van der Waals surface area contributed by atoms with E-state index >= 15 is 0 Å². The van der Waals surface area contributed by atoms with Gasteiger partial charge in [-0.25, -0.2) is 4.68 Å². The largest absolute Gasteiger partial charge is 0.296 e. The van der Waals surface area contributed by atoms with Crippen LogP contribution in [0.25, 0.3) is 5.69 Å². The Morgan fingerprint density at radius 3 is 2.17 bits per heavy atom. The van der Waals surface area contributed by atoms with Gasteiger partial charge in [0.05, 0.1) is 11.3 Å². The molecule has 0 radical (unpaired) electrons. The highest BCUT2D eigenvalue weighted by Gasteiger charge is 2.18. The van der Waals surface area contributed by atoms with Gasteiger partial charge >= 0.3 is 0 Å². The van der Waals surface area contributed by atoms with E-state index in [4.69, 9.17) is 23.2 Å². The van der Waals surface area contributed by atoms with Crippen LogP contribution in [0.2, 0.25) is 0 Å². The molecule has 0 aliphatic rings. The molecule has 0 amide bonds. The Morgan fingerprint density at radius 1 is 1.09 bits per heavy atom. The quantitative estimate of drug-likeness (QED) is 0.693. The van der Waals surface area contributed by atoms with Crippen molar-refractivity contribution in [1.29, 1.82) is 0 Å². The molecule has 2 aromatic rings. The number of alkyl halides is 2. The fraction of sp³-hybridized carbons (Fsp3) is 0.438. The van der Waals surface area contributed by atoms with Crippen molar-refractivity contribution >= 4 is 35.6 Å². The summed E-state index contributed by atoms with van der Waals surface area (Å²) in [6.45, 7) is 3.97. The highest BCUT2D eigenvalue weighted by atomic mass is 35.5. The first-order valence-electron chi connectivity index (χ1n) is 7.27. The molecule has 0 unspecified atom stereocenters. The number of hydrogen-bond acceptors (Lipinski definition) is 2. The summed E-state index contributed by atoms with van der Waals surface area (Å²) < 4.78 is 3.59. The SMILES string of the molecule is Cc1c(CN(CCCl)CCCl)c(=O)n(C)n1-c1ccccc1.Cl. The molecule has 1 aromatic carbocycles. The molecule has 1 aromatic heterocycles. The maximum absolute atomic E-state index is 12.6. The van der Waals surface area contributed by atoms with E-state index in [2.05, 4.69) is 4.90 Å². The number of nitrogens with zero attached hydrogens (tertiary/aromatic N) is 3. The minimum absolute atomic E-state index is 0. The van der Waals surface area contributed by atoms with Crippen LogP contribution in [0.4, 0.5) is 0 Å². The second-order valence-electron chi connectivity index (χ2n) is 5.19. The minimum Gasteiger partial charge on any atom is -0.296 e. The van der Waals surface area contributed by atoms with Gasteiger partial charge in [0, 0.05) is 44.1 Å². The van der Waals surface area contributed by atoms with Gasteiger partial charge in [-0.05, 0) is 19.1 Å². The smallest absolute Gasteiger partial charge is 0.271 e. The number of rotatable bonds is 7. The summed E-state index contributed by atoms with van der Waals surface area (Å²) in [4.78, 5) is 14.7. The zero-order valence-corrected chi connectivity index (χ0v) is 15.7. The molecule has 0 aliphatic heterocycles. The normalized spacial score (nSPS) is 10.8. The summed E-state index contributed by atoms with van der Waals surface area (Å²) in [5, 5.41) is 0. The summed E-state index contributed by atoms with van der Waals surface area (Å²) in [7, 11) is 1.79. The van der Waals surface area contributed by atoms with E-state index in [1.165, 1.54) is 0 Å². The number of para-hydroxylation sites is 1. The van der Waals surface area contributed by atoms with Gasteiger partial charge in [0.1, 0.15) is 0 Å². The molecule has 0 spiro atoms. The fourth-order valence-corrected chi connectivity index (χ4v) is 3.12. The van der Waals surface area contributed by atoms with Gasteiger partial charge in [-0.2, -0.15) is 0 Å². The lowest BCUT2D eigenvalue weighted by Crippen LogP contribution is -2.30. The van der Waals surface area contributed by atoms with Crippen molar-refractivity contribution in [2.75, 3.05) is 24.8 Å². The highest BCUT2D eigenvalue weighted by Crippen LogP contribution is 2.14. The Kier molecular flexibility index (Phi) is 8.20. The van der Waals surface area contributed by atoms with Crippen molar-refractivity contribution in [2.24, 2.45) is 7.05 Å². The van der Waals surface area contributed by atoms with E-state index in [1.54, 1.807) is 11.7 Å². The minimum atomic E-state index is 0. The fourth-order valence-electron chi connectivity index (χ4n) is 2.64. The van der Waals surface area contributed by atoms with Crippen molar-refractivity contribution in [3.63, 3.8) is 0 Å². The molecule has 0 fully saturated rings. The average Bonchev–Trinajstić information content (AvgIpc) is 2.72. The van der Waals surface area contributed by atoms with E-state index in [9.17, 15) is 4.79 Å². The lowest BCUT2D eigenvalue weighted by molar-refractivity contribution is 0.298. The van der Waals surface area contributed by atoms with Crippen molar-refractivity contribution in [3.05, 3.63) is 51.9 Å². The van der Waals surface area contributed by atoms with Gasteiger partial charge in [0.2, 0.25) is 0 Å². The first-order valence-corrected chi connectivity index (χ1v) is 8.34. The van der Waals surface area contributed by atoms with Crippen LogP contribution >= 0.6 is 35.6 Å². The number of aromatic nitrogens is 2. The standard InChI is InChI=1S/C16H21Cl2N3O.ClH/c1-13-15(12-20(10-8-17)11-9-18)16(22)19(2)21(13)14-6-4-3-5-7-14;/h3-7H,8-12H2,1-2H3;1H. The van der Waals surface area contributed by atoms with Gasteiger partial charge in [-0.1, -0.05) is 18.2 Å². The van der Waals surface area contributed by atoms with E-state index < -0.39 is 0 Å². The third kappa shape index (κ3) is 4.54. The molecule has 0 saturated carbocycles. The first kappa shape index (κ1) is 20.1. The highest BCUT2D eigenvalue weighted by molar-refractivity contribution is 6.18. The van der Waals surface area contributed by atoms with Gasteiger partial charge < -0.3 is 0 Å². The maximum atomic E-state index is 12.6. The molecule has 0 atom stereocenters. The zero-order valence-electron chi connectivity index (χ0n) is 13.3. The molecule has 0 bridgehead atoms. The Labute approximate surface area is 153 Å². The van der Waals surface area contributed by atoms with Crippen LogP contribution in [0.5, 0.6) is 0 Å². The second kappa shape index (κ2) is 9.38.